The first kappa shape index (κ1) is 15.8. The molecule has 2 fully saturated rings. The molecule has 1 aromatic rings. The Hall–Kier alpha value is -1.04. The number of rotatable bonds is 5. The SMILES string of the molecule is CCCc1cnn(C2CCN(CC3(C(F)(F)F)CC3)CC2)c1. The number of aryl methyl sites for hydroxylation is 1. The number of piperidine rings is 1. The molecule has 124 valence electrons. The molecule has 1 aromatic heterocycles. The zero-order valence-corrected chi connectivity index (χ0v) is 13.1. The van der Waals surface area contributed by atoms with Crippen LogP contribution in [0.4, 0.5) is 13.2 Å². The van der Waals surface area contributed by atoms with Crippen molar-refractivity contribution in [1.82, 2.24) is 14.7 Å². The van der Waals surface area contributed by atoms with Crippen LogP contribution < -0.4 is 0 Å². The van der Waals surface area contributed by atoms with Gasteiger partial charge in [0, 0.05) is 25.8 Å². The summed E-state index contributed by atoms with van der Waals surface area (Å²) in [5.41, 5.74) is -0.154. The summed E-state index contributed by atoms with van der Waals surface area (Å²) in [6.45, 7) is 3.81. The van der Waals surface area contributed by atoms with Crippen molar-refractivity contribution in [2.24, 2.45) is 5.41 Å². The third-order valence-electron chi connectivity index (χ3n) is 5.11. The van der Waals surface area contributed by atoms with Gasteiger partial charge in [-0.25, -0.2) is 0 Å². The zero-order chi connectivity index (χ0) is 15.8. The lowest BCUT2D eigenvalue weighted by Gasteiger charge is -2.35. The number of hydrogen-bond donors (Lipinski definition) is 0. The van der Waals surface area contributed by atoms with Gasteiger partial charge in [0.15, 0.2) is 0 Å². The van der Waals surface area contributed by atoms with Crippen LogP contribution in [-0.4, -0.2) is 40.5 Å². The second-order valence-electron chi connectivity index (χ2n) is 6.86. The van der Waals surface area contributed by atoms with Crippen LogP contribution >= 0.6 is 0 Å². The average Bonchev–Trinajstić information content (AvgIpc) is 3.11. The molecular weight excluding hydrogens is 291 g/mol. The Kier molecular flexibility index (Phi) is 4.23. The minimum Gasteiger partial charge on any atom is -0.302 e. The maximum Gasteiger partial charge on any atom is 0.395 e. The molecule has 0 spiro atoms. The molecule has 0 aromatic carbocycles. The molecule has 0 atom stereocenters. The average molecular weight is 315 g/mol. The van der Waals surface area contributed by atoms with Crippen LogP contribution in [0.5, 0.6) is 0 Å². The van der Waals surface area contributed by atoms with Crippen molar-refractivity contribution in [3.05, 3.63) is 18.0 Å². The summed E-state index contributed by atoms with van der Waals surface area (Å²) in [5.74, 6) is 0. The van der Waals surface area contributed by atoms with Crippen LogP contribution in [-0.2, 0) is 6.42 Å². The van der Waals surface area contributed by atoms with Gasteiger partial charge in [-0.2, -0.15) is 18.3 Å². The Bertz CT molecular complexity index is 497. The summed E-state index contributed by atoms with van der Waals surface area (Å²) >= 11 is 0. The van der Waals surface area contributed by atoms with E-state index in [1.165, 1.54) is 5.56 Å². The number of aromatic nitrogens is 2. The molecule has 3 rings (SSSR count). The molecule has 6 heteroatoms. The van der Waals surface area contributed by atoms with Crippen molar-refractivity contribution >= 4 is 0 Å². The monoisotopic (exact) mass is 315 g/mol. The van der Waals surface area contributed by atoms with Crippen LogP contribution in [0.2, 0.25) is 0 Å². The summed E-state index contributed by atoms with van der Waals surface area (Å²) < 4.78 is 41.1. The topological polar surface area (TPSA) is 21.1 Å². The van der Waals surface area contributed by atoms with E-state index in [0.717, 1.165) is 38.8 Å². The van der Waals surface area contributed by atoms with Crippen molar-refractivity contribution in [3.63, 3.8) is 0 Å². The van der Waals surface area contributed by atoms with E-state index in [2.05, 4.69) is 18.2 Å². The van der Waals surface area contributed by atoms with E-state index in [-0.39, 0.29) is 6.54 Å². The zero-order valence-electron chi connectivity index (χ0n) is 13.1. The van der Waals surface area contributed by atoms with E-state index in [1.807, 2.05) is 15.8 Å². The van der Waals surface area contributed by atoms with E-state index in [0.29, 0.717) is 18.9 Å². The van der Waals surface area contributed by atoms with Crippen LogP contribution in [0.1, 0.15) is 50.6 Å². The van der Waals surface area contributed by atoms with Gasteiger partial charge < -0.3 is 4.90 Å². The van der Waals surface area contributed by atoms with Crippen molar-refractivity contribution in [1.29, 1.82) is 0 Å². The maximum absolute atomic E-state index is 13.0. The Labute approximate surface area is 129 Å². The van der Waals surface area contributed by atoms with Crippen LogP contribution in [0.25, 0.3) is 0 Å². The molecular formula is C16H24F3N3. The normalized spacial score (nSPS) is 22.9. The number of likely N-dealkylation sites (tertiary alicyclic amines) is 1. The first-order chi connectivity index (χ1) is 10.4. The predicted molar refractivity (Wildman–Crippen MR) is 78.7 cm³/mol. The third-order valence-corrected chi connectivity index (χ3v) is 5.11. The maximum atomic E-state index is 13.0. The van der Waals surface area contributed by atoms with E-state index in [1.54, 1.807) is 0 Å². The van der Waals surface area contributed by atoms with Crippen LogP contribution in [0.15, 0.2) is 12.4 Å². The van der Waals surface area contributed by atoms with Crippen LogP contribution in [0.3, 0.4) is 0 Å². The summed E-state index contributed by atoms with van der Waals surface area (Å²) in [5, 5.41) is 4.43. The van der Waals surface area contributed by atoms with E-state index in [4.69, 9.17) is 0 Å². The molecule has 1 aliphatic carbocycles. The third kappa shape index (κ3) is 3.16. The van der Waals surface area contributed by atoms with Gasteiger partial charge in [0.05, 0.1) is 17.7 Å². The molecule has 3 nitrogen and oxygen atoms in total. The highest BCUT2D eigenvalue weighted by Gasteiger charge is 2.63. The molecule has 0 unspecified atom stereocenters. The molecule has 2 aliphatic rings. The minimum absolute atomic E-state index is 0.184. The second-order valence-corrected chi connectivity index (χ2v) is 6.86. The Balaban J connectivity index is 1.52. The van der Waals surface area contributed by atoms with Gasteiger partial charge in [-0.3, -0.25) is 4.68 Å². The molecule has 2 heterocycles. The summed E-state index contributed by atoms with van der Waals surface area (Å²) in [6, 6.07) is 0.336. The molecule has 22 heavy (non-hydrogen) atoms. The fourth-order valence-electron chi connectivity index (χ4n) is 3.45. The quantitative estimate of drug-likeness (QED) is 0.824. The van der Waals surface area contributed by atoms with E-state index < -0.39 is 11.6 Å². The van der Waals surface area contributed by atoms with Crippen molar-refractivity contribution in [2.75, 3.05) is 19.6 Å². The predicted octanol–water partition coefficient (Wildman–Crippen LogP) is 3.82. The smallest absolute Gasteiger partial charge is 0.302 e. The van der Waals surface area contributed by atoms with Gasteiger partial charge in [-0.15, -0.1) is 0 Å². The largest absolute Gasteiger partial charge is 0.395 e. The van der Waals surface area contributed by atoms with E-state index >= 15 is 0 Å². The van der Waals surface area contributed by atoms with Crippen molar-refractivity contribution in [2.45, 2.75) is 57.7 Å². The number of hydrogen-bond acceptors (Lipinski definition) is 2. The Morgan fingerprint density at radius 1 is 1.27 bits per heavy atom. The molecule has 1 saturated heterocycles. The molecule has 1 aliphatic heterocycles. The molecule has 0 radical (unpaired) electrons. The standard InChI is InChI=1S/C16H24F3N3/c1-2-3-13-10-20-22(11-13)14-4-8-21(9-5-14)12-15(6-7-15)16(17,18)19/h10-11,14H,2-9,12H2,1H3. The molecule has 0 bridgehead atoms. The molecule has 1 saturated carbocycles. The van der Waals surface area contributed by atoms with Crippen molar-refractivity contribution in [3.8, 4) is 0 Å². The molecule has 0 N–H and O–H groups in total. The first-order valence-corrected chi connectivity index (χ1v) is 8.26. The van der Waals surface area contributed by atoms with Gasteiger partial charge in [0.2, 0.25) is 0 Å². The van der Waals surface area contributed by atoms with Gasteiger partial charge in [-0.1, -0.05) is 13.3 Å². The minimum atomic E-state index is -4.04. The lowest BCUT2D eigenvalue weighted by Crippen LogP contribution is -2.42. The first-order valence-electron chi connectivity index (χ1n) is 8.26. The van der Waals surface area contributed by atoms with Gasteiger partial charge in [0.25, 0.3) is 0 Å². The second kappa shape index (κ2) is 5.87. The lowest BCUT2D eigenvalue weighted by atomic mass is 10.0. The summed E-state index contributed by atoms with van der Waals surface area (Å²) in [6.07, 6.45) is 4.49. The van der Waals surface area contributed by atoms with Crippen molar-refractivity contribution < 1.29 is 13.2 Å². The highest BCUT2D eigenvalue weighted by molar-refractivity contribution is 5.05. The Morgan fingerprint density at radius 2 is 1.95 bits per heavy atom. The summed E-state index contributed by atoms with van der Waals surface area (Å²) in [7, 11) is 0. The van der Waals surface area contributed by atoms with Crippen LogP contribution in [0, 0.1) is 5.41 Å². The van der Waals surface area contributed by atoms with Gasteiger partial charge >= 0.3 is 6.18 Å². The number of alkyl halides is 3. The van der Waals surface area contributed by atoms with Gasteiger partial charge in [0.1, 0.15) is 0 Å². The fraction of sp³-hybridized carbons (Fsp3) is 0.812. The number of nitrogens with zero attached hydrogens (tertiary/aromatic N) is 3. The van der Waals surface area contributed by atoms with Gasteiger partial charge in [-0.05, 0) is 37.7 Å². The highest BCUT2D eigenvalue weighted by atomic mass is 19.4. The molecule has 0 amide bonds. The Morgan fingerprint density at radius 3 is 2.50 bits per heavy atom. The highest BCUT2D eigenvalue weighted by Crippen LogP contribution is 2.58. The fourth-order valence-corrected chi connectivity index (χ4v) is 3.45. The lowest BCUT2D eigenvalue weighted by molar-refractivity contribution is -0.192. The number of halogens is 3. The summed E-state index contributed by atoms with van der Waals surface area (Å²) in [4.78, 5) is 1.99. The van der Waals surface area contributed by atoms with E-state index in [9.17, 15) is 13.2 Å².